The van der Waals surface area contributed by atoms with Crippen LogP contribution in [0.25, 0.3) is 0 Å². The van der Waals surface area contributed by atoms with E-state index < -0.39 is 0 Å². The maximum absolute atomic E-state index is 10.4. The third-order valence-electron chi connectivity index (χ3n) is 1.91. The van der Waals surface area contributed by atoms with Crippen molar-refractivity contribution in [1.82, 2.24) is 4.98 Å². The molecule has 1 fully saturated rings. The van der Waals surface area contributed by atoms with E-state index in [1.54, 1.807) is 18.3 Å². The van der Waals surface area contributed by atoms with Crippen LogP contribution in [0.15, 0.2) is 18.3 Å². The summed E-state index contributed by atoms with van der Waals surface area (Å²) < 4.78 is 5.00. The number of anilines is 1. The lowest BCUT2D eigenvalue weighted by molar-refractivity contribution is 0.0209. The van der Waals surface area contributed by atoms with Crippen molar-refractivity contribution < 1.29 is 9.53 Å². The van der Waals surface area contributed by atoms with Crippen molar-refractivity contribution in [3.05, 3.63) is 23.9 Å². The molecule has 0 radical (unpaired) electrons. The summed E-state index contributed by atoms with van der Waals surface area (Å²) in [5, 5.41) is 3.16. The molecule has 0 aromatic carbocycles. The molecule has 1 aromatic rings. The molecule has 0 saturated carbocycles. The van der Waals surface area contributed by atoms with E-state index in [0.717, 1.165) is 12.1 Å². The van der Waals surface area contributed by atoms with E-state index in [0.29, 0.717) is 24.8 Å². The molecule has 4 heteroatoms. The summed E-state index contributed by atoms with van der Waals surface area (Å²) in [6, 6.07) is 3.75. The van der Waals surface area contributed by atoms with E-state index in [1.807, 2.05) is 0 Å². The van der Waals surface area contributed by atoms with E-state index >= 15 is 0 Å². The Bertz CT molecular complexity index is 310. The lowest BCUT2D eigenvalue weighted by Crippen LogP contribution is -2.40. The van der Waals surface area contributed by atoms with Gasteiger partial charge in [0.1, 0.15) is 12.1 Å². The summed E-state index contributed by atoms with van der Waals surface area (Å²) in [6.07, 6.45) is 2.43. The van der Waals surface area contributed by atoms with Crippen molar-refractivity contribution in [1.29, 1.82) is 0 Å². The standard InChI is InChI=1S/C9H10N2O2/c12-4-7-1-2-10-9(3-7)11-8-5-13-6-8/h1-4,8H,5-6H2,(H,10,11). The van der Waals surface area contributed by atoms with Crippen molar-refractivity contribution in [3.63, 3.8) is 0 Å². The number of nitrogens with zero attached hydrogens (tertiary/aromatic N) is 1. The minimum Gasteiger partial charge on any atom is -0.377 e. The molecule has 1 aliphatic heterocycles. The van der Waals surface area contributed by atoms with Crippen LogP contribution < -0.4 is 5.32 Å². The molecule has 0 atom stereocenters. The van der Waals surface area contributed by atoms with Gasteiger partial charge in [-0.2, -0.15) is 0 Å². The number of pyridine rings is 1. The minimum atomic E-state index is 0.342. The number of carbonyl (C=O) groups excluding carboxylic acids is 1. The highest BCUT2D eigenvalue weighted by Gasteiger charge is 2.17. The van der Waals surface area contributed by atoms with Crippen LogP contribution in [0, 0.1) is 0 Å². The number of hydrogen-bond acceptors (Lipinski definition) is 4. The zero-order chi connectivity index (χ0) is 9.10. The molecule has 68 valence electrons. The fourth-order valence-electron chi connectivity index (χ4n) is 1.13. The molecule has 0 unspecified atom stereocenters. The van der Waals surface area contributed by atoms with E-state index in [1.165, 1.54) is 0 Å². The molecular weight excluding hydrogens is 168 g/mol. The predicted molar refractivity (Wildman–Crippen MR) is 47.9 cm³/mol. The van der Waals surface area contributed by atoms with Gasteiger partial charge in [0, 0.05) is 11.8 Å². The molecule has 0 aliphatic carbocycles. The van der Waals surface area contributed by atoms with E-state index in [4.69, 9.17) is 4.74 Å². The first-order chi connectivity index (χ1) is 6.38. The van der Waals surface area contributed by atoms with E-state index in [9.17, 15) is 4.79 Å². The Kier molecular flexibility index (Phi) is 2.23. The first-order valence-corrected chi connectivity index (χ1v) is 4.14. The quantitative estimate of drug-likeness (QED) is 0.692. The number of aldehydes is 1. The maximum Gasteiger partial charge on any atom is 0.150 e. The Balaban J connectivity index is 2.05. The van der Waals surface area contributed by atoms with Gasteiger partial charge in [-0.05, 0) is 12.1 Å². The monoisotopic (exact) mass is 178 g/mol. The molecule has 1 aromatic heterocycles. The molecular formula is C9H10N2O2. The van der Waals surface area contributed by atoms with Crippen LogP contribution in [-0.4, -0.2) is 30.5 Å². The Hall–Kier alpha value is -1.42. The fraction of sp³-hybridized carbons (Fsp3) is 0.333. The summed E-state index contributed by atoms with van der Waals surface area (Å²) >= 11 is 0. The maximum atomic E-state index is 10.4. The highest BCUT2D eigenvalue weighted by molar-refractivity contribution is 5.75. The van der Waals surface area contributed by atoms with Crippen molar-refractivity contribution in [2.24, 2.45) is 0 Å². The number of nitrogens with one attached hydrogen (secondary N) is 1. The van der Waals surface area contributed by atoms with Crippen LogP contribution in [-0.2, 0) is 4.74 Å². The SMILES string of the molecule is O=Cc1ccnc(NC2COC2)c1. The lowest BCUT2D eigenvalue weighted by atomic mass is 10.2. The second-order valence-electron chi connectivity index (χ2n) is 2.97. The Labute approximate surface area is 75.9 Å². The molecule has 1 saturated heterocycles. The van der Waals surface area contributed by atoms with Gasteiger partial charge in [0.2, 0.25) is 0 Å². The summed E-state index contributed by atoms with van der Waals surface area (Å²) in [6.45, 7) is 1.43. The van der Waals surface area contributed by atoms with Crippen LogP contribution in [0.1, 0.15) is 10.4 Å². The Morgan fingerprint density at radius 3 is 3.08 bits per heavy atom. The number of ether oxygens (including phenoxy) is 1. The molecule has 1 aliphatic rings. The van der Waals surface area contributed by atoms with Gasteiger partial charge in [0.15, 0.2) is 0 Å². The first-order valence-electron chi connectivity index (χ1n) is 4.14. The third kappa shape index (κ3) is 1.84. The smallest absolute Gasteiger partial charge is 0.150 e. The van der Waals surface area contributed by atoms with Crippen molar-refractivity contribution >= 4 is 12.1 Å². The highest BCUT2D eigenvalue weighted by Crippen LogP contribution is 2.10. The Morgan fingerprint density at radius 2 is 2.46 bits per heavy atom. The number of carbonyl (C=O) groups is 1. The molecule has 2 heterocycles. The second-order valence-corrected chi connectivity index (χ2v) is 2.97. The van der Waals surface area contributed by atoms with Gasteiger partial charge in [-0.3, -0.25) is 4.79 Å². The van der Waals surface area contributed by atoms with Crippen molar-refractivity contribution in [3.8, 4) is 0 Å². The lowest BCUT2D eigenvalue weighted by Gasteiger charge is -2.27. The number of rotatable bonds is 3. The average Bonchev–Trinajstić information content (AvgIpc) is 2.12. The molecule has 0 spiro atoms. The van der Waals surface area contributed by atoms with Gasteiger partial charge < -0.3 is 10.1 Å². The van der Waals surface area contributed by atoms with E-state index in [2.05, 4.69) is 10.3 Å². The normalized spacial score (nSPS) is 16.3. The molecule has 0 amide bonds. The molecule has 1 N–H and O–H groups in total. The predicted octanol–water partition coefficient (Wildman–Crippen LogP) is 0.705. The topological polar surface area (TPSA) is 51.2 Å². The van der Waals surface area contributed by atoms with Crippen LogP contribution >= 0.6 is 0 Å². The Morgan fingerprint density at radius 1 is 1.62 bits per heavy atom. The average molecular weight is 178 g/mol. The van der Waals surface area contributed by atoms with E-state index in [-0.39, 0.29) is 0 Å². The van der Waals surface area contributed by atoms with Gasteiger partial charge in [-0.15, -0.1) is 0 Å². The second kappa shape index (κ2) is 3.53. The number of hydrogen-bond donors (Lipinski definition) is 1. The van der Waals surface area contributed by atoms with Crippen LogP contribution in [0.3, 0.4) is 0 Å². The summed E-state index contributed by atoms with van der Waals surface area (Å²) in [5.74, 6) is 0.734. The summed E-state index contributed by atoms with van der Waals surface area (Å²) in [4.78, 5) is 14.5. The first kappa shape index (κ1) is 8.19. The molecule has 4 nitrogen and oxygen atoms in total. The van der Waals surface area contributed by atoms with Crippen LogP contribution in [0.5, 0.6) is 0 Å². The molecule has 2 rings (SSSR count). The zero-order valence-corrected chi connectivity index (χ0v) is 7.06. The van der Waals surface area contributed by atoms with Crippen LogP contribution in [0.2, 0.25) is 0 Å². The fourth-order valence-corrected chi connectivity index (χ4v) is 1.13. The molecule has 13 heavy (non-hydrogen) atoms. The highest BCUT2D eigenvalue weighted by atomic mass is 16.5. The van der Waals surface area contributed by atoms with Crippen molar-refractivity contribution in [2.45, 2.75) is 6.04 Å². The van der Waals surface area contributed by atoms with Crippen molar-refractivity contribution in [2.75, 3.05) is 18.5 Å². The van der Waals surface area contributed by atoms with Gasteiger partial charge in [-0.1, -0.05) is 0 Å². The minimum absolute atomic E-state index is 0.342. The zero-order valence-electron chi connectivity index (χ0n) is 7.06. The van der Waals surface area contributed by atoms with Gasteiger partial charge in [-0.25, -0.2) is 4.98 Å². The third-order valence-corrected chi connectivity index (χ3v) is 1.91. The molecule has 0 bridgehead atoms. The summed E-state index contributed by atoms with van der Waals surface area (Å²) in [5.41, 5.74) is 0.637. The largest absolute Gasteiger partial charge is 0.377 e. The van der Waals surface area contributed by atoms with Crippen LogP contribution in [0.4, 0.5) is 5.82 Å². The van der Waals surface area contributed by atoms with Gasteiger partial charge in [0.25, 0.3) is 0 Å². The van der Waals surface area contributed by atoms with Gasteiger partial charge >= 0.3 is 0 Å². The van der Waals surface area contributed by atoms with Gasteiger partial charge in [0.05, 0.1) is 19.3 Å². The number of aromatic nitrogens is 1. The summed E-state index contributed by atoms with van der Waals surface area (Å²) in [7, 11) is 0.